The second kappa shape index (κ2) is 30.9. The van der Waals surface area contributed by atoms with Gasteiger partial charge >= 0.3 is 71.6 Å². The highest BCUT2D eigenvalue weighted by atomic mass is 127. The lowest BCUT2D eigenvalue weighted by molar-refractivity contribution is -0.387. The number of hydrogen-bond acceptors (Lipinski definition) is 32. The van der Waals surface area contributed by atoms with E-state index in [0.29, 0.717) is 0 Å². The van der Waals surface area contributed by atoms with Gasteiger partial charge in [-0.3, -0.25) is 57.5 Å². The molecular formula is C48H65IO32. The molecule has 4 aliphatic rings. The fourth-order valence-electron chi connectivity index (χ4n) is 8.85. The molecule has 0 spiro atoms. The van der Waals surface area contributed by atoms with Gasteiger partial charge in [-0.2, -0.15) is 0 Å². The molecule has 4 heterocycles. The largest absolute Gasteiger partial charge is 0.463 e. The number of aliphatic hydroxyl groups is 1. The van der Waals surface area contributed by atoms with Crippen molar-refractivity contribution < 1.29 is 153 Å². The Kier molecular flexibility index (Phi) is 25.8. The van der Waals surface area contributed by atoms with Crippen molar-refractivity contribution in [1.29, 1.82) is 0 Å². The van der Waals surface area contributed by atoms with Crippen molar-refractivity contribution in [1.82, 2.24) is 0 Å². The number of hydrogen-bond donors (Lipinski definition) is 1. The summed E-state index contributed by atoms with van der Waals surface area (Å²) in [7, 11) is 0. The summed E-state index contributed by atoms with van der Waals surface area (Å²) in [6, 6.07) is 0. The van der Waals surface area contributed by atoms with Crippen LogP contribution < -0.4 is 0 Å². The van der Waals surface area contributed by atoms with Crippen molar-refractivity contribution in [3.8, 4) is 0 Å². The van der Waals surface area contributed by atoms with Crippen LogP contribution in [0, 0.1) is 0 Å². The van der Waals surface area contributed by atoms with Gasteiger partial charge in [-0.05, 0) is 0 Å². The summed E-state index contributed by atoms with van der Waals surface area (Å²) in [5.74, 6) is -12.0. The zero-order chi connectivity index (χ0) is 60.7. The summed E-state index contributed by atoms with van der Waals surface area (Å²) >= 11 is 1.86. The number of rotatable bonds is 22. The Morgan fingerprint density at radius 2 is 0.519 bits per heavy atom. The van der Waals surface area contributed by atoms with Crippen LogP contribution in [0.25, 0.3) is 0 Å². The molecule has 0 aromatic rings. The van der Waals surface area contributed by atoms with Crippen LogP contribution in [0.4, 0.5) is 0 Å². The lowest BCUT2D eigenvalue weighted by atomic mass is 9.94. The van der Waals surface area contributed by atoms with Crippen molar-refractivity contribution in [3.05, 3.63) is 0 Å². The van der Waals surface area contributed by atoms with E-state index in [0.717, 1.165) is 83.1 Å². The van der Waals surface area contributed by atoms with E-state index < -0.39 is 214 Å². The number of ether oxygens (including phenoxy) is 19. The van der Waals surface area contributed by atoms with E-state index in [4.69, 9.17) is 90.0 Å². The molecule has 0 bridgehead atoms. The first kappa shape index (κ1) is 67.6. The lowest BCUT2D eigenvalue weighted by Gasteiger charge is -2.51. The molecule has 456 valence electrons. The average molecular weight is 1280 g/mol. The van der Waals surface area contributed by atoms with Gasteiger partial charge < -0.3 is 95.1 Å². The lowest BCUT2D eigenvalue weighted by Crippen LogP contribution is -2.69. The Balaban J connectivity index is 1.95. The van der Waals surface area contributed by atoms with E-state index in [2.05, 4.69) is 0 Å². The van der Waals surface area contributed by atoms with E-state index in [1.165, 1.54) is 0 Å². The number of carbonyl (C=O) groups excluding carboxylic acids is 12. The van der Waals surface area contributed by atoms with E-state index in [-0.39, 0.29) is 4.43 Å². The zero-order valence-corrected chi connectivity index (χ0v) is 48.0. The maximum atomic E-state index is 13.2. The summed E-state index contributed by atoms with van der Waals surface area (Å²) < 4.78 is 110. The van der Waals surface area contributed by atoms with Crippen molar-refractivity contribution in [2.24, 2.45) is 0 Å². The molecule has 0 radical (unpaired) electrons. The minimum Gasteiger partial charge on any atom is -0.463 e. The maximum absolute atomic E-state index is 13.2. The van der Waals surface area contributed by atoms with Crippen LogP contribution in [0.15, 0.2) is 0 Å². The summed E-state index contributed by atoms with van der Waals surface area (Å²) in [6.07, 6.45) is -37.1. The standard InChI is InChI=1S/C48H65IO32/c1-17(50)63-14-30-34(37(67-21(5)54)41(45(62)75-30)71-25(9)58)79-47-43(73-27(11)60)40(70-24(8)57)36(32(77-47)16-65-19(3)52)81-48-44(74-28(12)61)39(69-23(7)56)35(31(78-48)15-64-18(2)51)80-46-42(72-26(10)59)38(68-22(6)55)33(66-20(4)53)29(13-49)76-46/h29-48,62H,13-16H2,1-12H3/t29-,30-,31-,32-,33-,34-,35-,36-,37+,38+,39+,40+,41-,42-,43-,44-,45-,46-,47-,48-/m1/s1. The quantitative estimate of drug-likeness (QED) is 0.0560. The van der Waals surface area contributed by atoms with Gasteiger partial charge in [0.25, 0.3) is 0 Å². The normalized spacial score (nSPS) is 33.6. The number of halogens is 1. The third kappa shape index (κ3) is 19.9. The van der Waals surface area contributed by atoms with Crippen molar-refractivity contribution in [2.45, 2.75) is 206 Å². The Labute approximate surface area is 475 Å². The second-order valence-electron chi connectivity index (χ2n) is 18.2. The first-order chi connectivity index (χ1) is 37.9. The molecule has 0 amide bonds. The van der Waals surface area contributed by atoms with Crippen LogP contribution in [-0.2, 0) is 148 Å². The first-order valence-corrected chi connectivity index (χ1v) is 26.2. The molecule has 0 saturated carbocycles. The maximum Gasteiger partial charge on any atom is 0.303 e. The van der Waals surface area contributed by atoms with Crippen LogP contribution in [0.1, 0.15) is 83.1 Å². The third-order valence-electron chi connectivity index (χ3n) is 11.5. The highest BCUT2D eigenvalue weighted by molar-refractivity contribution is 14.1. The summed E-state index contributed by atoms with van der Waals surface area (Å²) in [6.45, 7) is 9.14. The van der Waals surface area contributed by atoms with Gasteiger partial charge in [-0.25, -0.2) is 0 Å². The highest BCUT2D eigenvalue weighted by Crippen LogP contribution is 2.40. The summed E-state index contributed by atoms with van der Waals surface area (Å²) in [5, 5.41) is 11.0. The topological polar surface area (TPSA) is 400 Å². The molecule has 81 heavy (non-hydrogen) atoms. The fraction of sp³-hybridized carbons (Fsp3) is 0.750. The monoisotopic (exact) mass is 1280 g/mol. The van der Waals surface area contributed by atoms with Gasteiger partial charge in [0, 0.05) is 87.5 Å². The average Bonchev–Trinajstić information content (AvgIpc) is 3.38. The second-order valence-corrected chi connectivity index (χ2v) is 19.1. The molecule has 0 aromatic heterocycles. The predicted octanol–water partition coefficient (Wildman–Crippen LogP) is -1.46. The predicted molar refractivity (Wildman–Crippen MR) is 260 cm³/mol. The van der Waals surface area contributed by atoms with Crippen molar-refractivity contribution in [3.63, 3.8) is 0 Å². The van der Waals surface area contributed by atoms with Gasteiger partial charge in [-0.1, -0.05) is 22.6 Å². The molecule has 33 heteroatoms. The van der Waals surface area contributed by atoms with Crippen molar-refractivity contribution >= 4 is 94.2 Å². The SMILES string of the molecule is CC(=O)OC[C@H]1O[C@@H](O)[C@H](OC(C)=O)[C@@H](OC(C)=O)[C@@H]1O[C@H]1O[C@H](COC(C)=O)[C@@H](O[C@H]2O[C@H](COC(C)=O)[C@@H](O[C@H]3O[C@H](CI)[C@@H](OC(C)=O)[C@H](OC(C)=O)[C@H]3OC(C)=O)[C@H](OC(C)=O)[C@H]2OC(C)=O)[C@H](OC(C)=O)[C@H]1OC(C)=O. The molecule has 0 unspecified atom stereocenters. The molecule has 4 aliphatic heterocycles. The summed E-state index contributed by atoms with van der Waals surface area (Å²) in [4.78, 5) is 152. The molecule has 4 rings (SSSR count). The Hall–Kier alpha value is -5.95. The van der Waals surface area contributed by atoms with Gasteiger partial charge in [0.05, 0.1) is 0 Å². The molecular weight excluding hydrogens is 1220 g/mol. The Morgan fingerprint density at radius 1 is 0.296 bits per heavy atom. The molecule has 20 atom stereocenters. The van der Waals surface area contributed by atoms with Crippen LogP contribution in [0.2, 0.25) is 0 Å². The molecule has 0 aromatic carbocycles. The highest BCUT2D eigenvalue weighted by Gasteiger charge is 2.61. The Morgan fingerprint density at radius 3 is 0.790 bits per heavy atom. The molecule has 1 N–H and O–H groups in total. The third-order valence-corrected chi connectivity index (χ3v) is 12.3. The van der Waals surface area contributed by atoms with Crippen LogP contribution in [-0.4, -0.2) is 224 Å². The van der Waals surface area contributed by atoms with Gasteiger partial charge in [0.2, 0.25) is 0 Å². The van der Waals surface area contributed by atoms with E-state index in [9.17, 15) is 62.6 Å². The summed E-state index contributed by atoms with van der Waals surface area (Å²) in [5.41, 5.74) is 0. The smallest absolute Gasteiger partial charge is 0.303 e. The minimum atomic E-state index is -2.15. The van der Waals surface area contributed by atoms with Crippen molar-refractivity contribution in [2.75, 3.05) is 24.2 Å². The molecule has 32 nitrogen and oxygen atoms in total. The number of esters is 12. The zero-order valence-electron chi connectivity index (χ0n) is 45.9. The minimum absolute atomic E-state index is 0.00672. The van der Waals surface area contributed by atoms with Crippen LogP contribution in [0.3, 0.4) is 0 Å². The van der Waals surface area contributed by atoms with E-state index in [1.807, 2.05) is 22.6 Å². The molecule has 0 aliphatic carbocycles. The number of aliphatic hydroxyl groups excluding tert-OH is 1. The van der Waals surface area contributed by atoms with Gasteiger partial charge in [0.1, 0.15) is 62.5 Å². The van der Waals surface area contributed by atoms with Gasteiger partial charge in [0.15, 0.2) is 80.1 Å². The Bertz CT molecular complexity index is 2290. The van der Waals surface area contributed by atoms with E-state index >= 15 is 0 Å². The van der Waals surface area contributed by atoms with E-state index in [1.54, 1.807) is 0 Å². The van der Waals surface area contributed by atoms with Crippen LogP contribution in [0.5, 0.6) is 0 Å². The molecule has 4 fully saturated rings. The van der Waals surface area contributed by atoms with Gasteiger partial charge in [-0.15, -0.1) is 0 Å². The van der Waals surface area contributed by atoms with Crippen LogP contribution >= 0.6 is 22.6 Å². The molecule has 4 saturated heterocycles. The number of carbonyl (C=O) groups is 12. The number of alkyl halides is 1. The first-order valence-electron chi connectivity index (χ1n) is 24.7. The fourth-order valence-corrected chi connectivity index (χ4v) is 9.56.